The van der Waals surface area contributed by atoms with Gasteiger partial charge in [-0.1, -0.05) is 13.8 Å². The minimum Gasteiger partial charge on any atom is -0.479 e. The van der Waals surface area contributed by atoms with Crippen molar-refractivity contribution in [2.45, 2.75) is 26.7 Å². The molecule has 4 nitrogen and oxygen atoms in total. The second-order valence-electron chi connectivity index (χ2n) is 3.77. The number of carbonyl (C=O) groups is 1. The van der Waals surface area contributed by atoms with E-state index >= 15 is 0 Å². The van der Waals surface area contributed by atoms with E-state index in [0.717, 1.165) is 6.42 Å². The van der Waals surface area contributed by atoms with Gasteiger partial charge in [-0.3, -0.25) is 4.79 Å². The first-order chi connectivity index (χ1) is 7.15. The van der Waals surface area contributed by atoms with Crippen molar-refractivity contribution in [3.63, 3.8) is 0 Å². The number of nitrogens with zero attached hydrogens (tertiary/aromatic N) is 2. The average Bonchev–Trinajstić information content (AvgIpc) is 2.25. The van der Waals surface area contributed by atoms with Crippen molar-refractivity contribution in [3.8, 4) is 5.88 Å². The Morgan fingerprint density at radius 1 is 1.40 bits per heavy atom. The minimum atomic E-state index is -0.00588. The van der Waals surface area contributed by atoms with Crippen LogP contribution in [0.5, 0.6) is 5.88 Å². The molecule has 0 N–H and O–H groups in total. The summed E-state index contributed by atoms with van der Waals surface area (Å²) in [6, 6.07) is 0. The first-order valence-corrected chi connectivity index (χ1v) is 5.03. The Kier molecular flexibility index (Phi) is 4.21. The quantitative estimate of drug-likeness (QED) is 0.695. The van der Waals surface area contributed by atoms with Crippen LogP contribution >= 0.6 is 0 Å². The number of Topliss-reactive ketones (excluding diaryl/α,β-unsaturated/α-hetero) is 1. The summed E-state index contributed by atoms with van der Waals surface area (Å²) in [5.41, 5.74) is 0.334. The number of hydrogen-bond donors (Lipinski definition) is 0. The highest BCUT2D eigenvalue weighted by atomic mass is 16.5. The van der Waals surface area contributed by atoms with Gasteiger partial charge >= 0.3 is 0 Å². The van der Waals surface area contributed by atoms with Crippen LogP contribution in [0.15, 0.2) is 12.4 Å². The van der Waals surface area contributed by atoms with Crippen LogP contribution in [-0.2, 0) is 0 Å². The maximum absolute atomic E-state index is 11.7. The molecule has 0 atom stereocenters. The van der Waals surface area contributed by atoms with Crippen LogP contribution in [0.4, 0.5) is 0 Å². The Labute approximate surface area is 89.7 Å². The number of rotatable bonds is 5. The molecule has 1 heterocycles. The molecule has 0 saturated carbocycles. The lowest BCUT2D eigenvalue weighted by Gasteiger charge is -2.06. The van der Waals surface area contributed by atoms with E-state index in [1.165, 1.54) is 19.5 Å². The Morgan fingerprint density at radius 2 is 2.07 bits per heavy atom. The van der Waals surface area contributed by atoms with Gasteiger partial charge in [-0.15, -0.1) is 0 Å². The standard InChI is InChI=1S/C11H16N2O2/c1-8(2)4-5-9(14)10-11(15-3)13-7-6-12-10/h6-8H,4-5H2,1-3H3. The van der Waals surface area contributed by atoms with Gasteiger partial charge < -0.3 is 4.74 Å². The fourth-order valence-electron chi connectivity index (χ4n) is 1.20. The van der Waals surface area contributed by atoms with Crippen LogP contribution in [-0.4, -0.2) is 22.9 Å². The maximum atomic E-state index is 11.7. The summed E-state index contributed by atoms with van der Waals surface area (Å²) < 4.78 is 4.98. The molecule has 0 spiro atoms. The fraction of sp³-hybridized carbons (Fsp3) is 0.545. The van der Waals surface area contributed by atoms with E-state index in [2.05, 4.69) is 23.8 Å². The molecule has 0 radical (unpaired) electrons. The molecule has 0 aromatic carbocycles. The van der Waals surface area contributed by atoms with Crippen molar-refractivity contribution in [1.29, 1.82) is 0 Å². The molecule has 0 bridgehead atoms. The van der Waals surface area contributed by atoms with Crippen molar-refractivity contribution < 1.29 is 9.53 Å². The summed E-state index contributed by atoms with van der Waals surface area (Å²) in [7, 11) is 1.49. The van der Waals surface area contributed by atoms with Gasteiger partial charge in [0, 0.05) is 18.8 Å². The SMILES string of the molecule is COc1nccnc1C(=O)CCC(C)C. The summed E-state index contributed by atoms with van der Waals surface area (Å²) in [4.78, 5) is 19.7. The van der Waals surface area contributed by atoms with Gasteiger partial charge in [0.05, 0.1) is 7.11 Å². The Hall–Kier alpha value is -1.45. The predicted octanol–water partition coefficient (Wildman–Crippen LogP) is 2.10. The summed E-state index contributed by atoms with van der Waals surface area (Å²) in [6.07, 6.45) is 4.37. The molecule has 1 aromatic heterocycles. The normalized spacial score (nSPS) is 10.4. The highest BCUT2D eigenvalue weighted by molar-refractivity contribution is 5.96. The molecule has 4 heteroatoms. The minimum absolute atomic E-state index is 0.00588. The zero-order valence-electron chi connectivity index (χ0n) is 9.36. The zero-order chi connectivity index (χ0) is 11.3. The van der Waals surface area contributed by atoms with Gasteiger partial charge in [0.1, 0.15) is 0 Å². The van der Waals surface area contributed by atoms with Gasteiger partial charge in [0.15, 0.2) is 11.5 Å². The number of aromatic nitrogens is 2. The lowest BCUT2D eigenvalue weighted by Crippen LogP contribution is -2.07. The molecule has 1 rings (SSSR count). The third kappa shape index (κ3) is 3.31. The van der Waals surface area contributed by atoms with Crippen molar-refractivity contribution in [2.75, 3.05) is 7.11 Å². The Morgan fingerprint density at radius 3 is 2.67 bits per heavy atom. The van der Waals surface area contributed by atoms with E-state index in [4.69, 9.17) is 4.74 Å². The molecule has 15 heavy (non-hydrogen) atoms. The highest BCUT2D eigenvalue weighted by Crippen LogP contribution is 2.15. The smallest absolute Gasteiger partial charge is 0.243 e. The second-order valence-corrected chi connectivity index (χ2v) is 3.77. The van der Waals surface area contributed by atoms with Gasteiger partial charge in [-0.25, -0.2) is 9.97 Å². The molecule has 1 aromatic rings. The second kappa shape index (κ2) is 5.44. The third-order valence-electron chi connectivity index (χ3n) is 2.07. The molecule has 0 aliphatic rings. The van der Waals surface area contributed by atoms with Crippen LogP contribution in [0.1, 0.15) is 37.2 Å². The average molecular weight is 208 g/mol. The van der Waals surface area contributed by atoms with Gasteiger partial charge in [-0.05, 0) is 12.3 Å². The number of ketones is 1. The summed E-state index contributed by atoms with van der Waals surface area (Å²) in [5.74, 6) is 0.816. The fourth-order valence-corrected chi connectivity index (χ4v) is 1.20. The molecule has 0 fully saturated rings. The first-order valence-electron chi connectivity index (χ1n) is 5.03. The summed E-state index contributed by atoms with van der Waals surface area (Å²) in [6.45, 7) is 4.17. The number of hydrogen-bond acceptors (Lipinski definition) is 4. The van der Waals surface area contributed by atoms with Crippen molar-refractivity contribution in [2.24, 2.45) is 5.92 Å². The van der Waals surface area contributed by atoms with Crippen LogP contribution in [0.2, 0.25) is 0 Å². The van der Waals surface area contributed by atoms with Crippen LogP contribution in [0, 0.1) is 5.92 Å². The van der Waals surface area contributed by atoms with Gasteiger partial charge in [0.2, 0.25) is 5.88 Å². The monoisotopic (exact) mass is 208 g/mol. The Balaban J connectivity index is 2.72. The van der Waals surface area contributed by atoms with Crippen molar-refractivity contribution in [1.82, 2.24) is 9.97 Å². The third-order valence-corrected chi connectivity index (χ3v) is 2.07. The molecule has 0 aliphatic carbocycles. The zero-order valence-corrected chi connectivity index (χ0v) is 9.36. The largest absolute Gasteiger partial charge is 0.479 e. The van der Waals surface area contributed by atoms with E-state index in [0.29, 0.717) is 23.9 Å². The molecule has 0 amide bonds. The van der Waals surface area contributed by atoms with Crippen molar-refractivity contribution in [3.05, 3.63) is 18.1 Å². The van der Waals surface area contributed by atoms with E-state index in [9.17, 15) is 4.79 Å². The lowest BCUT2D eigenvalue weighted by molar-refractivity contribution is 0.0966. The molecule has 82 valence electrons. The maximum Gasteiger partial charge on any atom is 0.243 e. The molecule has 0 aliphatic heterocycles. The predicted molar refractivity (Wildman–Crippen MR) is 57.0 cm³/mol. The number of carbonyl (C=O) groups excluding carboxylic acids is 1. The number of methoxy groups -OCH3 is 1. The lowest BCUT2D eigenvalue weighted by atomic mass is 10.0. The molecular weight excluding hydrogens is 192 g/mol. The topological polar surface area (TPSA) is 52.1 Å². The van der Waals surface area contributed by atoms with E-state index < -0.39 is 0 Å². The van der Waals surface area contributed by atoms with Crippen LogP contribution in [0.3, 0.4) is 0 Å². The van der Waals surface area contributed by atoms with Gasteiger partial charge in [0.25, 0.3) is 0 Å². The highest BCUT2D eigenvalue weighted by Gasteiger charge is 2.14. The van der Waals surface area contributed by atoms with E-state index in [1.807, 2.05) is 0 Å². The van der Waals surface area contributed by atoms with Gasteiger partial charge in [-0.2, -0.15) is 0 Å². The van der Waals surface area contributed by atoms with E-state index in [-0.39, 0.29) is 5.78 Å². The Bertz CT molecular complexity index is 337. The van der Waals surface area contributed by atoms with Crippen molar-refractivity contribution >= 4 is 5.78 Å². The van der Waals surface area contributed by atoms with E-state index in [1.54, 1.807) is 0 Å². The molecule has 0 unspecified atom stereocenters. The first kappa shape index (κ1) is 11.6. The van der Waals surface area contributed by atoms with Crippen LogP contribution < -0.4 is 4.74 Å². The van der Waals surface area contributed by atoms with Crippen LogP contribution in [0.25, 0.3) is 0 Å². The summed E-state index contributed by atoms with van der Waals surface area (Å²) in [5, 5.41) is 0. The molecular formula is C11H16N2O2. The molecule has 0 saturated heterocycles. The number of ether oxygens (including phenoxy) is 1. The summed E-state index contributed by atoms with van der Waals surface area (Å²) >= 11 is 0.